The zero-order valence-electron chi connectivity index (χ0n) is 18.7. The van der Waals surface area contributed by atoms with E-state index in [1.54, 1.807) is 54.6 Å². The summed E-state index contributed by atoms with van der Waals surface area (Å²) in [6.07, 6.45) is 2.20. The van der Waals surface area contributed by atoms with Crippen molar-refractivity contribution in [3.8, 4) is 0 Å². The van der Waals surface area contributed by atoms with Crippen molar-refractivity contribution in [2.75, 3.05) is 12.0 Å². The Bertz CT molecular complexity index is 1310. The summed E-state index contributed by atoms with van der Waals surface area (Å²) >= 11 is 0. The maximum absolute atomic E-state index is 13.5. The molecule has 0 saturated heterocycles. The highest BCUT2D eigenvalue weighted by Gasteiger charge is 2.29. The number of anilines is 1. The first-order valence-electron chi connectivity index (χ1n) is 10.9. The molecule has 1 heterocycles. The number of ether oxygens (including phenoxy) is 1. The number of aromatic nitrogens is 1. The Morgan fingerprint density at radius 1 is 0.941 bits per heavy atom. The van der Waals surface area contributed by atoms with Crippen LogP contribution in [0, 0.1) is 0 Å². The number of esters is 1. The Morgan fingerprint density at radius 3 is 2.32 bits per heavy atom. The Hall–Kier alpha value is -4.23. The van der Waals surface area contributed by atoms with Crippen LogP contribution < -0.4 is 10.6 Å². The van der Waals surface area contributed by atoms with Crippen LogP contribution in [0.2, 0.25) is 0 Å². The molecule has 0 aliphatic rings. The van der Waals surface area contributed by atoms with Crippen LogP contribution in [-0.4, -0.2) is 35.9 Å². The number of methoxy groups -OCH3 is 1. The lowest BCUT2D eigenvalue weighted by Gasteiger charge is -2.24. The predicted molar refractivity (Wildman–Crippen MR) is 130 cm³/mol. The molecular formula is C27H25N3O4. The van der Waals surface area contributed by atoms with E-state index in [4.69, 9.17) is 10.5 Å². The molecule has 172 valence electrons. The molecule has 0 saturated carbocycles. The number of imide groups is 1. The lowest BCUT2D eigenvalue weighted by atomic mass is 10.0. The number of carbonyl (C=O) groups excluding carboxylic acids is 3. The maximum atomic E-state index is 13.5. The van der Waals surface area contributed by atoms with Crippen molar-refractivity contribution >= 4 is 34.4 Å². The van der Waals surface area contributed by atoms with Gasteiger partial charge in [0, 0.05) is 22.7 Å². The lowest BCUT2D eigenvalue weighted by molar-refractivity contribution is -0.139. The fourth-order valence-electron chi connectivity index (χ4n) is 3.85. The van der Waals surface area contributed by atoms with Crippen molar-refractivity contribution in [2.24, 2.45) is 5.73 Å². The van der Waals surface area contributed by atoms with Gasteiger partial charge in [0.2, 0.25) is 0 Å². The summed E-state index contributed by atoms with van der Waals surface area (Å²) in [6, 6.07) is 22.1. The van der Waals surface area contributed by atoms with Gasteiger partial charge < -0.3 is 15.5 Å². The number of H-pyrrole nitrogens is 1. The summed E-state index contributed by atoms with van der Waals surface area (Å²) < 4.78 is 4.70. The fraction of sp³-hybridized carbons (Fsp3) is 0.148. The summed E-state index contributed by atoms with van der Waals surface area (Å²) in [7, 11) is 1.32. The van der Waals surface area contributed by atoms with Crippen LogP contribution in [0.5, 0.6) is 0 Å². The lowest BCUT2D eigenvalue weighted by Crippen LogP contribution is -2.48. The second-order valence-electron chi connectivity index (χ2n) is 7.93. The SMILES string of the molecule is COC(=O)Cc1ccc(N(C(=O)c2ccccc2)C(=O)[C@@H](N)Cc2c[nH]c3ccccc23)cc1. The Balaban J connectivity index is 1.63. The molecule has 0 spiro atoms. The molecule has 7 heteroatoms. The standard InChI is InChI=1S/C27H25N3O4/c1-34-25(31)15-18-11-13-21(14-12-18)30(26(32)19-7-3-2-4-8-19)27(33)23(28)16-20-17-29-24-10-6-5-9-22(20)24/h2-14,17,23,29H,15-16,28H2,1H3/t23-/m0/s1. The third kappa shape index (κ3) is 4.89. The average molecular weight is 456 g/mol. The number of amides is 2. The molecule has 3 N–H and O–H groups in total. The van der Waals surface area contributed by atoms with Crippen LogP contribution in [0.25, 0.3) is 10.9 Å². The van der Waals surface area contributed by atoms with E-state index >= 15 is 0 Å². The minimum Gasteiger partial charge on any atom is -0.469 e. The number of aromatic amines is 1. The number of hydrogen-bond donors (Lipinski definition) is 2. The van der Waals surface area contributed by atoms with Crippen LogP contribution in [0.4, 0.5) is 5.69 Å². The van der Waals surface area contributed by atoms with Crippen LogP contribution in [0.3, 0.4) is 0 Å². The molecule has 0 radical (unpaired) electrons. The maximum Gasteiger partial charge on any atom is 0.309 e. The summed E-state index contributed by atoms with van der Waals surface area (Å²) in [5.41, 5.74) is 9.66. The topological polar surface area (TPSA) is 105 Å². The zero-order valence-corrected chi connectivity index (χ0v) is 18.7. The molecule has 0 aliphatic carbocycles. The first kappa shape index (κ1) is 22.9. The molecule has 1 aromatic heterocycles. The highest BCUT2D eigenvalue weighted by Crippen LogP contribution is 2.23. The van der Waals surface area contributed by atoms with Gasteiger partial charge in [0.15, 0.2) is 0 Å². The van der Waals surface area contributed by atoms with E-state index in [9.17, 15) is 14.4 Å². The Kier molecular flexibility index (Phi) is 6.85. The molecule has 3 aromatic carbocycles. The second kappa shape index (κ2) is 10.1. The van der Waals surface area contributed by atoms with Crippen molar-refractivity contribution in [3.63, 3.8) is 0 Å². The fourth-order valence-corrected chi connectivity index (χ4v) is 3.85. The van der Waals surface area contributed by atoms with E-state index in [-0.39, 0.29) is 18.8 Å². The monoisotopic (exact) mass is 455 g/mol. The molecular weight excluding hydrogens is 430 g/mol. The minimum absolute atomic E-state index is 0.0947. The molecule has 7 nitrogen and oxygen atoms in total. The van der Waals surface area contributed by atoms with Crippen LogP contribution in [0.15, 0.2) is 85.1 Å². The molecule has 34 heavy (non-hydrogen) atoms. The van der Waals surface area contributed by atoms with Crippen molar-refractivity contribution < 1.29 is 19.1 Å². The number of hydrogen-bond acceptors (Lipinski definition) is 5. The largest absolute Gasteiger partial charge is 0.469 e. The highest BCUT2D eigenvalue weighted by atomic mass is 16.5. The van der Waals surface area contributed by atoms with Gasteiger partial charge in [0.1, 0.15) is 0 Å². The zero-order chi connectivity index (χ0) is 24.1. The third-order valence-corrected chi connectivity index (χ3v) is 5.65. The number of carbonyl (C=O) groups is 3. The molecule has 1 atom stereocenters. The van der Waals surface area contributed by atoms with Crippen LogP contribution in [-0.2, 0) is 27.2 Å². The number of fused-ring (bicyclic) bond motifs is 1. The number of nitrogens with one attached hydrogen (secondary N) is 1. The van der Waals surface area contributed by atoms with Crippen molar-refractivity contribution in [3.05, 3.63) is 102 Å². The highest BCUT2D eigenvalue weighted by molar-refractivity contribution is 6.22. The number of para-hydroxylation sites is 1. The molecule has 0 bridgehead atoms. The van der Waals surface area contributed by atoms with E-state index in [1.807, 2.05) is 30.5 Å². The van der Waals surface area contributed by atoms with E-state index < -0.39 is 17.9 Å². The number of nitrogens with zero attached hydrogens (tertiary/aromatic N) is 1. The van der Waals surface area contributed by atoms with Gasteiger partial charge in [-0.2, -0.15) is 0 Å². The van der Waals surface area contributed by atoms with Crippen molar-refractivity contribution in [2.45, 2.75) is 18.9 Å². The quantitative estimate of drug-likeness (QED) is 0.414. The van der Waals surface area contributed by atoms with Gasteiger partial charge in [-0.05, 0) is 47.9 Å². The molecule has 0 fully saturated rings. The first-order chi connectivity index (χ1) is 16.5. The summed E-state index contributed by atoms with van der Waals surface area (Å²) in [6.45, 7) is 0. The smallest absolute Gasteiger partial charge is 0.309 e. The van der Waals surface area contributed by atoms with Gasteiger partial charge in [0.05, 0.1) is 25.3 Å². The normalized spacial score (nSPS) is 11.7. The molecule has 4 rings (SSSR count). The predicted octanol–water partition coefficient (Wildman–Crippen LogP) is 3.63. The van der Waals surface area contributed by atoms with Gasteiger partial charge in [-0.1, -0.05) is 48.5 Å². The number of rotatable bonds is 7. The summed E-state index contributed by atoms with van der Waals surface area (Å²) in [5.74, 6) is -1.36. The van der Waals surface area contributed by atoms with Crippen LogP contribution in [0.1, 0.15) is 21.5 Å². The summed E-state index contributed by atoms with van der Waals surface area (Å²) in [5, 5.41) is 0.985. The van der Waals surface area contributed by atoms with Crippen molar-refractivity contribution in [1.82, 2.24) is 4.98 Å². The Morgan fingerprint density at radius 2 is 1.62 bits per heavy atom. The van der Waals surface area contributed by atoms with Gasteiger partial charge in [-0.3, -0.25) is 14.4 Å². The minimum atomic E-state index is -0.943. The third-order valence-electron chi connectivity index (χ3n) is 5.65. The van der Waals surface area contributed by atoms with Gasteiger partial charge in [-0.25, -0.2) is 4.90 Å². The summed E-state index contributed by atoms with van der Waals surface area (Å²) in [4.78, 5) is 42.8. The number of nitrogens with two attached hydrogens (primary N) is 1. The van der Waals surface area contributed by atoms with E-state index in [0.29, 0.717) is 16.8 Å². The van der Waals surface area contributed by atoms with Gasteiger partial charge in [0.25, 0.3) is 11.8 Å². The second-order valence-corrected chi connectivity index (χ2v) is 7.93. The van der Waals surface area contributed by atoms with E-state index in [1.165, 1.54) is 7.11 Å². The van der Waals surface area contributed by atoms with Gasteiger partial charge >= 0.3 is 5.97 Å². The molecule has 4 aromatic rings. The molecule has 0 aliphatic heterocycles. The average Bonchev–Trinajstić information content (AvgIpc) is 3.28. The molecule has 2 amide bonds. The first-order valence-corrected chi connectivity index (χ1v) is 10.9. The van der Waals surface area contributed by atoms with E-state index in [0.717, 1.165) is 21.4 Å². The number of benzene rings is 3. The Labute approximate surface area is 197 Å². The van der Waals surface area contributed by atoms with E-state index in [2.05, 4.69) is 4.98 Å². The van der Waals surface area contributed by atoms with Gasteiger partial charge in [-0.15, -0.1) is 0 Å². The molecule has 0 unspecified atom stereocenters. The van der Waals surface area contributed by atoms with Crippen molar-refractivity contribution in [1.29, 1.82) is 0 Å². The van der Waals surface area contributed by atoms with Crippen LogP contribution >= 0.6 is 0 Å².